The van der Waals surface area contributed by atoms with Crippen LogP contribution in [0.5, 0.6) is 0 Å². The van der Waals surface area contributed by atoms with Crippen LogP contribution in [0.1, 0.15) is 0 Å². The molecule has 0 saturated carbocycles. The van der Waals surface area contributed by atoms with Crippen LogP contribution in [0.4, 0.5) is 0 Å². The second-order valence-corrected chi connectivity index (χ2v) is 5.24. The molecule has 0 aliphatic heterocycles. The van der Waals surface area contributed by atoms with E-state index in [1.807, 2.05) is 37.7 Å². The Morgan fingerprint density at radius 3 is 1.54 bits per heavy atom. The first-order valence-electron chi connectivity index (χ1n) is 3.14. The average molecular weight is 366 g/mol. The Bertz CT molecular complexity index is 306. The molecule has 0 amide bonds. The van der Waals surface area contributed by atoms with Gasteiger partial charge in [-0.1, -0.05) is 0 Å². The summed E-state index contributed by atoms with van der Waals surface area (Å²) in [4.78, 5) is 1.86. The molecule has 2 N–H and O–H groups in total. The standard InChI is InChI=1S/C5H13N3.4O.Re/c1-7(2)5(6)8(3)4;;;;;/h6H,1-4H3;;;;;/q;;;;-1;/p+1. The molecule has 0 radical (unpaired) electrons. The van der Waals surface area contributed by atoms with Crippen LogP contribution in [0.2, 0.25) is 0 Å². The first kappa shape index (κ1) is 14.8. The molecule has 0 fully saturated rings. The van der Waals surface area contributed by atoms with Crippen molar-refractivity contribution in [3.05, 3.63) is 0 Å². The molecule has 0 aromatic rings. The second-order valence-electron chi connectivity index (χ2n) is 2.53. The van der Waals surface area contributed by atoms with Gasteiger partial charge in [-0.25, -0.2) is 0 Å². The van der Waals surface area contributed by atoms with Crippen LogP contribution in [0.3, 0.4) is 0 Å². The average Bonchev–Trinajstić information content (AvgIpc) is 1.81. The molecule has 0 rings (SSSR count). The zero-order valence-electron chi connectivity index (χ0n) is 7.98. The van der Waals surface area contributed by atoms with Crippen LogP contribution in [0.15, 0.2) is 0 Å². The van der Waals surface area contributed by atoms with E-state index in [2.05, 4.69) is 0 Å². The van der Waals surface area contributed by atoms with Gasteiger partial charge in [0.2, 0.25) is 0 Å². The number of nitrogens with zero attached hydrogens (tertiary/aromatic N) is 2. The summed E-state index contributed by atoms with van der Waals surface area (Å²) in [5.74, 6) is 0.769. The van der Waals surface area contributed by atoms with Crippen LogP contribution in [-0.4, -0.2) is 43.6 Å². The van der Waals surface area contributed by atoms with Crippen molar-refractivity contribution in [1.82, 2.24) is 4.90 Å². The Labute approximate surface area is 79.8 Å². The zero-order chi connectivity index (χ0) is 11.2. The Balaban J connectivity index is 0. The van der Waals surface area contributed by atoms with E-state index in [1.165, 1.54) is 0 Å². The maximum atomic E-state index is 8.64. The molecule has 0 atom stereocenters. The van der Waals surface area contributed by atoms with Crippen molar-refractivity contribution in [2.45, 2.75) is 0 Å². The van der Waals surface area contributed by atoms with Crippen LogP contribution >= 0.6 is 0 Å². The number of hydrogen-bond acceptors (Lipinski definition) is 4. The van der Waals surface area contributed by atoms with Gasteiger partial charge < -0.3 is 0 Å². The Morgan fingerprint density at radius 1 is 1.31 bits per heavy atom. The number of guanidine groups is 1. The first-order chi connectivity index (χ1) is 5.55. The van der Waals surface area contributed by atoms with Crippen molar-refractivity contribution < 1.29 is 34.6 Å². The predicted molar refractivity (Wildman–Crippen MR) is 37.0 cm³/mol. The summed E-state index contributed by atoms with van der Waals surface area (Å²) in [6.45, 7) is 0. The Morgan fingerprint density at radius 2 is 1.54 bits per heavy atom. The van der Waals surface area contributed by atoms with Gasteiger partial charge in [0.05, 0.1) is 28.2 Å². The molecule has 0 aromatic heterocycles. The fraction of sp³-hybridized carbons (Fsp3) is 0.800. The predicted octanol–water partition coefficient (Wildman–Crippen LogP) is -2.41. The summed E-state index contributed by atoms with van der Waals surface area (Å²) in [6, 6.07) is 0. The summed E-state index contributed by atoms with van der Waals surface area (Å²) in [5.41, 5.74) is 5.53. The first-order valence-corrected chi connectivity index (χ1v) is 7.58. The van der Waals surface area contributed by atoms with Gasteiger partial charge in [0.25, 0.3) is 0 Å². The van der Waals surface area contributed by atoms with E-state index in [9.17, 15) is 0 Å². The van der Waals surface area contributed by atoms with Crippen LogP contribution in [-0.2, 0) is 26.2 Å². The molecule has 0 aliphatic rings. The summed E-state index contributed by atoms with van der Waals surface area (Å²) in [7, 11) is 7.65. The van der Waals surface area contributed by atoms with Gasteiger partial charge >= 0.3 is 36.0 Å². The Hall–Kier alpha value is -0.708. The van der Waals surface area contributed by atoms with Gasteiger partial charge in [0.1, 0.15) is 0 Å². The normalized spacial score (nSPS) is 9.62. The molecule has 7 nitrogen and oxygen atoms in total. The molecule has 0 bridgehead atoms. The van der Waals surface area contributed by atoms with E-state index >= 15 is 0 Å². The fourth-order valence-corrected chi connectivity index (χ4v) is 0.400. The van der Waals surface area contributed by atoms with Crippen LogP contribution < -0.4 is 9.56 Å². The number of hydrogen-bond donors (Lipinski definition) is 1. The summed E-state index contributed by atoms with van der Waals surface area (Å²) in [5, 5.41) is 0. The topological polar surface area (TPSA) is 107 Å². The van der Waals surface area contributed by atoms with Gasteiger partial charge in [-0.05, 0) is 0 Å². The Kier molecular flexibility index (Phi) is 6.67. The van der Waals surface area contributed by atoms with E-state index in [0.29, 0.717) is 0 Å². The van der Waals surface area contributed by atoms with Crippen molar-refractivity contribution in [3.63, 3.8) is 0 Å². The minimum atomic E-state index is -6.11. The monoisotopic (exact) mass is 367 g/mol. The third-order valence-corrected chi connectivity index (χ3v) is 0.916. The zero-order valence-corrected chi connectivity index (χ0v) is 10.7. The molecule has 0 unspecified atom stereocenters. The molecule has 0 aliphatic carbocycles. The van der Waals surface area contributed by atoms with Crippen molar-refractivity contribution in [3.8, 4) is 0 Å². The number of nitrogens with two attached hydrogens (primary N) is 1. The molecule has 13 heavy (non-hydrogen) atoms. The molecule has 0 aromatic carbocycles. The third kappa shape index (κ3) is 18.3. The van der Waals surface area contributed by atoms with Gasteiger partial charge in [0, 0.05) is 0 Å². The van der Waals surface area contributed by atoms with E-state index in [-0.39, 0.29) is 0 Å². The van der Waals surface area contributed by atoms with Crippen LogP contribution in [0, 0.1) is 0 Å². The van der Waals surface area contributed by atoms with Gasteiger partial charge in [-0.2, -0.15) is 0 Å². The van der Waals surface area contributed by atoms with Crippen LogP contribution in [0.25, 0.3) is 0 Å². The minimum absolute atomic E-state index is 0.769. The second kappa shape index (κ2) is 5.86. The van der Waals surface area contributed by atoms with E-state index in [0.717, 1.165) is 5.96 Å². The van der Waals surface area contributed by atoms with E-state index in [4.69, 9.17) is 20.0 Å². The third-order valence-electron chi connectivity index (χ3n) is 0.916. The van der Waals surface area contributed by atoms with E-state index < -0.39 is 15.8 Å². The molecule has 8 heteroatoms. The van der Waals surface area contributed by atoms with E-state index in [1.54, 1.807) is 0 Å². The molecule has 0 spiro atoms. The maximum absolute atomic E-state index is 8.64. The summed E-state index contributed by atoms with van der Waals surface area (Å²) in [6.07, 6.45) is 0. The fourth-order valence-electron chi connectivity index (χ4n) is 0.400. The van der Waals surface area contributed by atoms with Crippen molar-refractivity contribution >= 4 is 5.96 Å². The van der Waals surface area contributed by atoms with Crippen molar-refractivity contribution in [1.29, 1.82) is 0 Å². The van der Waals surface area contributed by atoms with Gasteiger partial charge in [-0.15, -0.1) is 0 Å². The van der Waals surface area contributed by atoms with Gasteiger partial charge in [-0.3, -0.25) is 15.2 Å². The number of rotatable bonds is 0. The summed E-state index contributed by atoms with van der Waals surface area (Å²) >= 11 is -6.11. The molecule has 0 saturated heterocycles. The van der Waals surface area contributed by atoms with Crippen molar-refractivity contribution in [2.75, 3.05) is 28.2 Å². The molecular weight excluding hydrogens is 352 g/mol. The van der Waals surface area contributed by atoms with Gasteiger partial charge in [0.15, 0.2) is 0 Å². The van der Waals surface area contributed by atoms with Crippen molar-refractivity contribution in [2.24, 2.45) is 5.73 Å². The summed E-state index contributed by atoms with van der Waals surface area (Å²) < 4.78 is 36.4. The SMILES string of the molecule is CN(C)C(N)=[N+](C)C.[O]=[Re](=[O])(=[O])[O-]. The quantitative estimate of drug-likeness (QED) is 0.291. The molecule has 0 heterocycles. The molecule has 80 valence electrons. The molecular formula is C5H14N3O4Re.